The SMILES string of the molecule is N[C@@H](C(=O)N1CCc2c([nH]c3ccc(Cl)cc23)C1c1cccc(O)c1)c1ccccc1. The van der Waals surface area contributed by atoms with Crippen LogP contribution < -0.4 is 5.73 Å². The van der Waals surface area contributed by atoms with E-state index in [1.165, 1.54) is 0 Å². The van der Waals surface area contributed by atoms with Gasteiger partial charge in [0.05, 0.1) is 6.04 Å². The number of benzene rings is 3. The Morgan fingerprint density at radius 2 is 1.90 bits per heavy atom. The van der Waals surface area contributed by atoms with E-state index in [0.29, 0.717) is 18.0 Å². The van der Waals surface area contributed by atoms with Gasteiger partial charge in [-0.05, 0) is 53.4 Å². The highest BCUT2D eigenvalue weighted by molar-refractivity contribution is 6.31. The number of nitrogens with zero attached hydrogens (tertiary/aromatic N) is 1. The number of nitrogens with one attached hydrogen (secondary N) is 1. The second kappa shape index (κ2) is 7.76. The molecule has 4 aromatic rings. The van der Waals surface area contributed by atoms with E-state index in [1.54, 1.807) is 18.2 Å². The fourth-order valence-electron chi connectivity index (χ4n) is 4.52. The van der Waals surface area contributed by atoms with Gasteiger partial charge in [-0.3, -0.25) is 4.79 Å². The van der Waals surface area contributed by atoms with E-state index in [0.717, 1.165) is 33.3 Å². The zero-order chi connectivity index (χ0) is 21.5. The Balaban J connectivity index is 1.63. The first-order chi connectivity index (χ1) is 15.0. The molecule has 0 bridgehead atoms. The molecular weight excluding hydrogens is 410 g/mol. The molecule has 0 radical (unpaired) electrons. The number of phenolic OH excluding ortho intramolecular Hbond substituents is 1. The molecule has 156 valence electrons. The van der Waals surface area contributed by atoms with Crippen LogP contribution >= 0.6 is 11.6 Å². The number of aromatic nitrogens is 1. The molecule has 3 aromatic carbocycles. The average Bonchev–Trinajstić information content (AvgIpc) is 3.15. The van der Waals surface area contributed by atoms with Crippen LogP contribution in [-0.2, 0) is 11.2 Å². The van der Waals surface area contributed by atoms with Crippen molar-refractivity contribution in [3.05, 3.63) is 100 Å². The number of aromatic amines is 1. The topological polar surface area (TPSA) is 82.4 Å². The van der Waals surface area contributed by atoms with Gasteiger partial charge in [0.1, 0.15) is 11.8 Å². The zero-order valence-electron chi connectivity index (χ0n) is 16.8. The minimum absolute atomic E-state index is 0.151. The predicted octanol–water partition coefficient (Wildman–Crippen LogP) is 4.70. The first-order valence-corrected chi connectivity index (χ1v) is 10.6. The lowest BCUT2D eigenvalue weighted by molar-refractivity contribution is -0.135. The summed E-state index contributed by atoms with van der Waals surface area (Å²) in [6, 6.07) is 21.1. The van der Waals surface area contributed by atoms with Crippen LogP contribution in [-0.4, -0.2) is 27.4 Å². The maximum atomic E-state index is 13.5. The van der Waals surface area contributed by atoms with Gasteiger partial charge >= 0.3 is 0 Å². The highest BCUT2D eigenvalue weighted by Crippen LogP contribution is 2.40. The second-order valence-electron chi connectivity index (χ2n) is 7.87. The number of rotatable bonds is 3. The van der Waals surface area contributed by atoms with E-state index in [-0.39, 0.29) is 17.7 Å². The summed E-state index contributed by atoms with van der Waals surface area (Å²) in [5.74, 6) is 0.00502. The largest absolute Gasteiger partial charge is 0.508 e. The Bertz CT molecular complexity index is 1270. The highest BCUT2D eigenvalue weighted by Gasteiger charge is 2.36. The van der Waals surface area contributed by atoms with Crippen LogP contribution in [0.4, 0.5) is 0 Å². The van der Waals surface area contributed by atoms with Crippen molar-refractivity contribution >= 4 is 28.4 Å². The summed E-state index contributed by atoms with van der Waals surface area (Å²) in [6.45, 7) is 0.520. The fourth-order valence-corrected chi connectivity index (χ4v) is 4.69. The third-order valence-electron chi connectivity index (χ3n) is 5.98. The van der Waals surface area contributed by atoms with E-state index in [1.807, 2.05) is 59.5 Å². The van der Waals surface area contributed by atoms with Gasteiger partial charge in [-0.15, -0.1) is 0 Å². The molecule has 1 unspecified atom stereocenters. The van der Waals surface area contributed by atoms with Crippen LogP contribution in [0.5, 0.6) is 5.75 Å². The molecular formula is C25H22ClN3O2. The van der Waals surface area contributed by atoms with Crippen molar-refractivity contribution in [3.63, 3.8) is 0 Å². The van der Waals surface area contributed by atoms with Gasteiger partial charge in [-0.2, -0.15) is 0 Å². The van der Waals surface area contributed by atoms with Gasteiger partial charge < -0.3 is 20.7 Å². The maximum absolute atomic E-state index is 13.5. The number of carbonyl (C=O) groups is 1. The molecule has 0 spiro atoms. The van der Waals surface area contributed by atoms with Crippen molar-refractivity contribution in [3.8, 4) is 5.75 Å². The molecule has 1 aliphatic rings. The van der Waals surface area contributed by atoms with E-state index < -0.39 is 6.04 Å². The zero-order valence-corrected chi connectivity index (χ0v) is 17.5. The van der Waals surface area contributed by atoms with E-state index in [2.05, 4.69) is 4.98 Å². The summed E-state index contributed by atoms with van der Waals surface area (Å²) in [5, 5.41) is 11.9. The molecule has 5 nitrogen and oxygen atoms in total. The number of nitrogens with two attached hydrogens (primary N) is 1. The van der Waals surface area contributed by atoms with E-state index >= 15 is 0 Å². The van der Waals surface area contributed by atoms with Crippen LogP contribution in [0, 0.1) is 0 Å². The normalized spacial score (nSPS) is 16.8. The molecule has 1 aliphatic heterocycles. The standard InChI is InChI=1S/C25H22ClN3O2/c26-17-9-10-21-20(14-17)19-11-12-29(25(31)22(27)15-5-2-1-3-6-15)24(23(19)28-21)16-7-4-8-18(30)13-16/h1-10,13-14,22,24,28,30H,11-12,27H2/t22-,24?/m1/s1. The van der Waals surface area contributed by atoms with Crippen LogP contribution in [0.1, 0.15) is 34.5 Å². The van der Waals surface area contributed by atoms with Gasteiger partial charge in [0, 0.05) is 28.2 Å². The molecule has 0 fully saturated rings. The number of halogens is 1. The highest BCUT2D eigenvalue weighted by atomic mass is 35.5. The lowest BCUT2D eigenvalue weighted by Crippen LogP contribution is -2.45. The molecule has 4 N–H and O–H groups in total. The monoisotopic (exact) mass is 431 g/mol. The number of amides is 1. The molecule has 1 amide bonds. The number of hydrogen-bond acceptors (Lipinski definition) is 3. The van der Waals surface area contributed by atoms with Gasteiger partial charge in [0.25, 0.3) is 0 Å². The molecule has 31 heavy (non-hydrogen) atoms. The lowest BCUT2D eigenvalue weighted by Gasteiger charge is -2.37. The molecule has 6 heteroatoms. The average molecular weight is 432 g/mol. The third kappa shape index (κ3) is 3.46. The molecule has 2 heterocycles. The van der Waals surface area contributed by atoms with Crippen molar-refractivity contribution < 1.29 is 9.90 Å². The smallest absolute Gasteiger partial charge is 0.244 e. The Morgan fingerprint density at radius 3 is 2.68 bits per heavy atom. The summed E-state index contributed by atoms with van der Waals surface area (Å²) >= 11 is 6.25. The minimum atomic E-state index is -0.763. The quantitative estimate of drug-likeness (QED) is 0.439. The molecule has 2 atom stereocenters. The molecule has 0 aliphatic carbocycles. The van der Waals surface area contributed by atoms with Crippen molar-refractivity contribution in [1.82, 2.24) is 9.88 Å². The number of phenols is 1. The lowest BCUT2D eigenvalue weighted by atomic mass is 9.91. The van der Waals surface area contributed by atoms with Crippen LogP contribution in [0.2, 0.25) is 5.02 Å². The Morgan fingerprint density at radius 1 is 1.10 bits per heavy atom. The van der Waals surface area contributed by atoms with Crippen LogP contribution in [0.3, 0.4) is 0 Å². The number of aromatic hydroxyl groups is 1. The summed E-state index contributed by atoms with van der Waals surface area (Å²) in [6.07, 6.45) is 0.693. The number of carbonyl (C=O) groups excluding carboxylic acids is 1. The first kappa shape index (κ1) is 19.7. The maximum Gasteiger partial charge on any atom is 0.244 e. The number of H-pyrrole nitrogens is 1. The van der Waals surface area contributed by atoms with Gasteiger partial charge in [-0.1, -0.05) is 54.1 Å². The van der Waals surface area contributed by atoms with Crippen LogP contribution in [0.25, 0.3) is 10.9 Å². The summed E-state index contributed by atoms with van der Waals surface area (Å²) in [4.78, 5) is 18.9. The third-order valence-corrected chi connectivity index (χ3v) is 6.22. The fraction of sp³-hybridized carbons (Fsp3) is 0.160. The van der Waals surface area contributed by atoms with Crippen molar-refractivity contribution in [2.45, 2.75) is 18.5 Å². The van der Waals surface area contributed by atoms with Crippen molar-refractivity contribution in [2.24, 2.45) is 5.73 Å². The van der Waals surface area contributed by atoms with E-state index in [4.69, 9.17) is 17.3 Å². The number of fused-ring (bicyclic) bond motifs is 3. The summed E-state index contributed by atoms with van der Waals surface area (Å²) in [7, 11) is 0. The Kier molecular flexibility index (Phi) is 4.93. The summed E-state index contributed by atoms with van der Waals surface area (Å²) < 4.78 is 0. The van der Waals surface area contributed by atoms with Gasteiger partial charge in [0.2, 0.25) is 5.91 Å². The number of hydrogen-bond donors (Lipinski definition) is 3. The Hall–Kier alpha value is -3.28. The minimum Gasteiger partial charge on any atom is -0.508 e. The molecule has 5 rings (SSSR count). The van der Waals surface area contributed by atoms with Crippen molar-refractivity contribution in [1.29, 1.82) is 0 Å². The van der Waals surface area contributed by atoms with Gasteiger partial charge in [-0.25, -0.2) is 0 Å². The molecule has 0 saturated heterocycles. The van der Waals surface area contributed by atoms with Crippen molar-refractivity contribution in [2.75, 3.05) is 6.54 Å². The predicted molar refractivity (Wildman–Crippen MR) is 122 cm³/mol. The summed E-state index contributed by atoms with van der Waals surface area (Å²) in [5.41, 5.74) is 11.0. The van der Waals surface area contributed by atoms with Crippen LogP contribution in [0.15, 0.2) is 72.8 Å². The Labute approximate surface area is 185 Å². The molecule has 0 saturated carbocycles. The first-order valence-electron chi connectivity index (χ1n) is 10.2. The second-order valence-corrected chi connectivity index (χ2v) is 8.31. The van der Waals surface area contributed by atoms with Gasteiger partial charge in [0.15, 0.2) is 0 Å². The molecule has 1 aromatic heterocycles. The van der Waals surface area contributed by atoms with E-state index in [9.17, 15) is 9.90 Å².